The van der Waals surface area contributed by atoms with Gasteiger partial charge < -0.3 is 9.30 Å². The maximum absolute atomic E-state index is 6.61. The SMILES string of the molecule is CCCc1nn(-c2[c-]c(Oc3[c-]c4c(cc3)c3ccccc3n4-c3cc(C(C)C)ccn3)ccc2)c(C(C)(C)C)c1-c1cc(C(C)(C)C)cc(C(C)(C)C)c1.[Pt+2]. The van der Waals surface area contributed by atoms with Crippen molar-refractivity contribution in [3.63, 3.8) is 0 Å². The normalized spacial score (nSPS) is 12.4. The van der Waals surface area contributed by atoms with Gasteiger partial charge in [-0.25, -0.2) is 4.98 Å². The van der Waals surface area contributed by atoms with E-state index in [1.165, 1.54) is 33.5 Å². The molecule has 0 saturated carbocycles. The van der Waals surface area contributed by atoms with E-state index in [0.717, 1.165) is 51.8 Å². The molecule has 7 rings (SSSR count). The average Bonchev–Trinajstić information content (AvgIpc) is 3.67. The average molecular weight is 924 g/mol. The number of hydrogen-bond acceptors (Lipinski definition) is 3. The van der Waals surface area contributed by atoms with Crippen LogP contribution in [0.2, 0.25) is 0 Å². The van der Waals surface area contributed by atoms with Crippen molar-refractivity contribution < 1.29 is 25.8 Å². The topological polar surface area (TPSA) is 44.9 Å². The Labute approximate surface area is 348 Å². The summed E-state index contributed by atoms with van der Waals surface area (Å²) < 4.78 is 10.9. The van der Waals surface area contributed by atoms with Crippen molar-refractivity contribution in [3.8, 4) is 34.1 Å². The van der Waals surface area contributed by atoms with Gasteiger partial charge in [-0.1, -0.05) is 131 Å². The van der Waals surface area contributed by atoms with E-state index >= 15 is 0 Å². The van der Waals surface area contributed by atoms with E-state index in [1.54, 1.807) is 0 Å². The number of rotatable bonds is 8. The first-order valence-corrected chi connectivity index (χ1v) is 19.8. The van der Waals surface area contributed by atoms with Gasteiger partial charge in [-0.05, 0) is 74.7 Å². The van der Waals surface area contributed by atoms with Crippen molar-refractivity contribution in [1.82, 2.24) is 19.3 Å². The number of hydrogen-bond donors (Lipinski definition) is 0. The number of ether oxygens (including phenoxy) is 1. The Morgan fingerprint density at radius 1 is 0.714 bits per heavy atom. The van der Waals surface area contributed by atoms with Gasteiger partial charge in [0.05, 0.1) is 11.4 Å². The molecule has 292 valence electrons. The zero-order chi connectivity index (χ0) is 39.4. The second-order valence-electron chi connectivity index (χ2n) is 18.4. The molecule has 56 heavy (non-hydrogen) atoms. The van der Waals surface area contributed by atoms with E-state index in [0.29, 0.717) is 17.4 Å². The molecule has 0 N–H and O–H groups in total. The second-order valence-corrected chi connectivity index (χ2v) is 18.4. The molecule has 0 spiro atoms. The zero-order valence-corrected chi connectivity index (χ0v) is 37.4. The molecule has 7 aromatic rings. The third kappa shape index (κ3) is 8.03. The van der Waals surface area contributed by atoms with Crippen LogP contribution in [0.3, 0.4) is 0 Å². The van der Waals surface area contributed by atoms with Gasteiger partial charge in [-0.3, -0.25) is 4.68 Å². The van der Waals surface area contributed by atoms with E-state index in [9.17, 15) is 0 Å². The maximum Gasteiger partial charge on any atom is 2.00 e. The molecule has 6 heteroatoms. The fraction of sp³-hybridized carbons (Fsp3) is 0.360. The van der Waals surface area contributed by atoms with Crippen LogP contribution in [0.15, 0.2) is 91.1 Å². The van der Waals surface area contributed by atoms with E-state index in [1.807, 2.05) is 24.4 Å². The Morgan fingerprint density at radius 3 is 2.04 bits per heavy atom. The van der Waals surface area contributed by atoms with Gasteiger partial charge in [0.1, 0.15) is 5.82 Å². The molecule has 0 aliphatic carbocycles. The molecular formula is C50H56N4OPt. The number of aromatic nitrogens is 4. The summed E-state index contributed by atoms with van der Waals surface area (Å²) in [5, 5.41) is 7.64. The van der Waals surface area contributed by atoms with Gasteiger partial charge in [-0.15, -0.1) is 35.7 Å². The summed E-state index contributed by atoms with van der Waals surface area (Å²) in [5.74, 6) is 2.48. The molecule has 0 aliphatic heterocycles. The van der Waals surface area contributed by atoms with Crippen LogP contribution >= 0.6 is 0 Å². The summed E-state index contributed by atoms with van der Waals surface area (Å²) in [4.78, 5) is 4.81. The maximum atomic E-state index is 6.61. The van der Waals surface area contributed by atoms with Crippen LogP contribution in [-0.2, 0) is 43.7 Å². The molecule has 0 unspecified atom stereocenters. The van der Waals surface area contributed by atoms with Crippen LogP contribution in [0.5, 0.6) is 11.5 Å². The molecule has 4 aromatic carbocycles. The molecule has 3 heterocycles. The van der Waals surface area contributed by atoms with Crippen LogP contribution in [-0.4, -0.2) is 19.3 Å². The van der Waals surface area contributed by atoms with Crippen LogP contribution < -0.4 is 4.74 Å². The largest absolute Gasteiger partial charge is 2.00 e. The summed E-state index contributed by atoms with van der Waals surface area (Å²) in [7, 11) is 0. The fourth-order valence-corrected chi connectivity index (χ4v) is 7.51. The van der Waals surface area contributed by atoms with Gasteiger partial charge in [-0.2, -0.15) is 17.2 Å². The molecule has 0 atom stereocenters. The van der Waals surface area contributed by atoms with Gasteiger partial charge >= 0.3 is 21.1 Å². The van der Waals surface area contributed by atoms with Gasteiger partial charge in [0.15, 0.2) is 0 Å². The van der Waals surface area contributed by atoms with Crippen LogP contribution in [0.1, 0.15) is 124 Å². The third-order valence-electron chi connectivity index (χ3n) is 10.5. The minimum Gasteiger partial charge on any atom is -0.509 e. The quantitative estimate of drug-likeness (QED) is 0.143. The van der Waals surface area contributed by atoms with Crippen LogP contribution in [0, 0.1) is 12.1 Å². The Balaban J connectivity index is 0.00000532. The first-order valence-electron chi connectivity index (χ1n) is 19.8. The number of fused-ring (bicyclic) bond motifs is 3. The third-order valence-corrected chi connectivity index (χ3v) is 10.5. The second kappa shape index (κ2) is 15.5. The Morgan fingerprint density at radius 2 is 1.39 bits per heavy atom. The van der Waals surface area contributed by atoms with E-state index in [4.69, 9.17) is 14.8 Å². The number of para-hydroxylation sites is 1. The van der Waals surface area contributed by atoms with E-state index in [-0.39, 0.29) is 37.3 Å². The Hall–Kier alpha value is -4.47. The van der Waals surface area contributed by atoms with Crippen LogP contribution in [0.25, 0.3) is 44.4 Å². The molecule has 0 fully saturated rings. The minimum absolute atomic E-state index is 0. The smallest absolute Gasteiger partial charge is 0.509 e. The van der Waals surface area contributed by atoms with Gasteiger partial charge in [0.2, 0.25) is 0 Å². The Kier molecular flexibility index (Phi) is 11.4. The van der Waals surface area contributed by atoms with Crippen molar-refractivity contribution in [1.29, 1.82) is 0 Å². The summed E-state index contributed by atoms with van der Waals surface area (Å²) in [6.45, 7) is 27.3. The number of benzene rings is 4. The predicted octanol–water partition coefficient (Wildman–Crippen LogP) is 13.4. The van der Waals surface area contributed by atoms with Crippen molar-refractivity contribution >= 4 is 21.8 Å². The molecule has 3 aromatic heterocycles. The minimum atomic E-state index is -0.216. The summed E-state index contributed by atoms with van der Waals surface area (Å²) >= 11 is 0. The van der Waals surface area contributed by atoms with Crippen molar-refractivity contribution in [2.24, 2.45) is 0 Å². The molecule has 0 radical (unpaired) electrons. The fourth-order valence-electron chi connectivity index (χ4n) is 7.51. The summed E-state index contributed by atoms with van der Waals surface area (Å²) in [5.41, 5.74) is 11.3. The van der Waals surface area contributed by atoms with Crippen molar-refractivity contribution in [3.05, 3.63) is 131 Å². The molecule has 0 bridgehead atoms. The van der Waals surface area contributed by atoms with Crippen molar-refractivity contribution in [2.45, 2.75) is 118 Å². The summed E-state index contributed by atoms with van der Waals surface area (Å²) in [6, 6.07) is 37.3. The first-order chi connectivity index (χ1) is 25.9. The molecule has 0 saturated heterocycles. The number of pyridine rings is 1. The molecule has 0 aliphatic rings. The van der Waals surface area contributed by atoms with E-state index < -0.39 is 0 Å². The monoisotopic (exact) mass is 923 g/mol. The zero-order valence-electron chi connectivity index (χ0n) is 35.2. The number of aryl methyl sites for hydroxylation is 1. The molecular weight excluding hydrogens is 868 g/mol. The standard InChI is InChI=1S/C50H56N4O.Pt/c1-13-17-42-46(34-26-35(48(4,5)6)29-36(27-34)49(7,8)9)47(50(10,11)12)54(52-42)37-18-16-19-38(30-37)55-39-22-23-41-40-20-14-15-21-43(40)53(44(41)31-39)45-28-33(32(2)3)24-25-51-45;/h14-16,18-29,32H,13,17H2,1-12H3;/q-2;+2. The van der Waals surface area contributed by atoms with Gasteiger partial charge in [0.25, 0.3) is 0 Å². The Bertz CT molecular complexity index is 2480. The van der Waals surface area contributed by atoms with Crippen LogP contribution in [0.4, 0.5) is 0 Å². The van der Waals surface area contributed by atoms with E-state index in [2.05, 4.69) is 171 Å². The molecule has 0 amide bonds. The van der Waals surface area contributed by atoms with Crippen molar-refractivity contribution in [2.75, 3.05) is 0 Å². The predicted molar refractivity (Wildman–Crippen MR) is 230 cm³/mol. The van der Waals surface area contributed by atoms with Gasteiger partial charge in [0, 0.05) is 34.2 Å². The molecule has 5 nitrogen and oxygen atoms in total. The first kappa shape index (κ1) is 41.2. The number of nitrogens with zero attached hydrogens (tertiary/aromatic N) is 4. The summed E-state index contributed by atoms with van der Waals surface area (Å²) in [6.07, 6.45) is 3.78.